The first-order chi connectivity index (χ1) is 20.0. The number of nitrogens with zero attached hydrogens (tertiary/aromatic N) is 2. The highest BCUT2D eigenvalue weighted by Crippen LogP contribution is 2.29. The first-order valence-corrected chi connectivity index (χ1v) is 13.2. The Labute approximate surface area is 236 Å². The lowest BCUT2D eigenvalue weighted by Gasteiger charge is -2.12. The highest BCUT2D eigenvalue weighted by atomic mass is 16.5. The van der Waals surface area contributed by atoms with Crippen LogP contribution in [0.1, 0.15) is 18.4 Å². The predicted molar refractivity (Wildman–Crippen MR) is 155 cm³/mol. The van der Waals surface area contributed by atoms with Crippen molar-refractivity contribution in [3.63, 3.8) is 0 Å². The molecule has 0 amide bonds. The molecule has 8 nitrogen and oxygen atoms in total. The van der Waals surface area contributed by atoms with Gasteiger partial charge in [-0.15, -0.1) is 0 Å². The van der Waals surface area contributed by atoms with E-state index >= 15 is 0 Å². The third kappa shape index (κ3) is 7.05. The van der Waals surface area contributed by atoms with E-state index in [4.69, 9.17) is 29.7 Å². The first kappa shape index (κ1) is 27.3. The van der Waals surface area contributed by atoms with Crippen LogP contribution in [0, 0.1) is 5.92 Å². The Hall–Kier alpha value is -5.24. The molecule has 0 saturated heterocycles. The number of carbonyl (C=O) groups is 2. The summed E-state index contributed by atoms with van der Waals surface area (Å²) >= 11 is 0. The summed E-state index contributed by atoms with van der Waals surface area (Å²) in [5.41, 5.74) is 3.60. The van der Waals surface area contributed by atoms with Crippen LogP contribution in [-0.2, 0) is 16.2 Å². The molecule has 0 aliphatic carbocycles. The zero-order chi connectivity index (χ0) is 28.6. The van der Waals surface area contributed by atoms with E-state index in [-0.39, 0.29) is 13.0 Å². The van der Waals surface area contributed by atoms with Gasteiger partial charge in [0.1, 0.15) is 12.4 Å². The van der Waals surface area contributed by atoms with Crippen molar-refractivity contribution in [1.29, 1.82) is 0 Å². The van der Waals surface area contributed by atoms with Crippen molar-refractivity contribution in [1.82, 2.24) is 9.97 Å². The molecule has 5 rings (SSSR count). The summed E-state index contributed by atoms with van der Waals surface area (Å²) in [6.07, 6.45) is 0.310. The maximum atomic E-state index is 11.0. The number of ether oxygens (including phenoxy) is 2. The minimum Gasteiger partial charge on any atom is -0.494 e. The quantitative estimate of drug-likeness (QED) is 0.134. The summed E-state index contributed by atoms with van der Waals surface area (Å²) in [5, 5.41) is 19.9. The number of hydrogen-bond donors (Lipinski definition) is 2. The lowest BCUT2D eigenvalue weighted by atomic mass is 10.0. The molecule has 0 radical (unpaired) electrons. The number of carboxylic acids is 2. The smallest absolute Gasteiger partial charge is 0.317 e. The van der Waals surface area contributed by atoms with Crippen molar-refractivity contribution < 1.29 is 29.3 Å². The number of benzene rings is 4. The van der Waals surface area contributed by atoms with Crippen molar-refractivity contribution in [2.75, 3.05) is 6.61 Å². The Morgan fingerprint density at radius 3 is 2.12 bits per heavy atom. The molecule has 4 aromatic carbocycles. The van der Waals surface area contributed by atoms with Gasteiger partial charge in [0.2, 0.25) is 5.88 Å². The fourth-order valence-electron chi connectivity index (χ4n) is 4.40. The number of aromatic nitrogens is 2. The largest absolute Gasteiger partial charge is 0.494 e. The molecule has 0 aliphatic rings. The number of carboxylic acid groups (broad SMARTS) is 2. The van der Waals surface area contributed by atoms with Gasteiger partial charge in [0.25, 0.3) is 0 Å². The molecule has 0 saturated carbocycles. The van der Waals surface area contributed by atoms with Gasteiger partial charge in [-0.05, 0) is 47.4 Å². The second-order valence-electron chi connectivity index (χ2n) is 9.50. The highest BCUT2D eigenvalue weighted by Gasteiger charge is 2.24. The SMILES string of the molecule is O=C(O)C(CCCOc1ccc2cc(-c3nc(OCc4ccccc4)cc(-c4ccccc4)n3)ccc2c1)C(=O)O. The lowest BCUT2D eigenvalue weighted by molar-refractivity contribution is -0.154. The van der Waals surface area contributed by atoms with Gasteiger partial charge in [0.15, 0.2) is 11.7 Å². The molecule has 0 atom stereocenters. The van der Waals surface area contributed by atoms with Crippen LogP contribution < -0.4 is 9.47 Å². The van der Waals surface area contributed by atoms with Crippen molar-refractivity contribution >= 4 is 22.7 Å². The van der Waals surface area contributed by atoms with Crippen molar-refractivity contribution in [2.45, 2.75) is 19.4 Å². The summed E-state index contributed by atoms with van der Waals surface area (Å²) in [5.74, 6) is -2.47. The van der Waals surface area contributed by atoms with Crippen LogP contribution in [0.2, 0.25) is 0 Å². The summed E-state index contributed by atoms with van der Waals surface area (Å²) in [6.45, 7) is 0.603. The van der Waals surface area contributed by atoms with Crippen LogP contribution in [0.4, 0.5) is 0 Å². The van der Waals surface area contributed by atoms with E-state index in [1.165, 1.54) is 0 Å². The normalized spacial score (nSPS) is 11.0. The third-order valence-electron chi connectivity index (χ3n) is 6.57. The highest BCUT2D eigenvalue weighted by molar-refractivity contribution is 5.92. The van der Waals surface area contributed by atoms with Gasteiger partial charge in [0, 0.05) is 17.2 Å². The molecular weight excluding hydrogens is 520 g/mol. The van der Waals surface area contributed by atoms with E-state index in [9.17, 15) is 9.59 Å². The van der Waals surface area contributed by atoms with Gasteiger partial charge in [-0.1, -0.05) is 78.9 Å². The number of aliphatic carboxylic acids is 2. The van der Waals surface area contributed by atoms with E-state index in [1.807, 2.05) is 103 Å². The van der Waals surface area contributed by atoms with Crippen LogP contribution in [0.3, 0.4) is 0 Å². The fourth-order valence-corrected chi connectivity index (χ4v) is 4.40. The summed E-state index contributed by atoms with van der Waals surface area (Å²) in [7, 11) is 0. The zero-order valence-electron chi connectivity index (χ0n) is 22.1. The molecule has 5 aromatic rings. The third-order valence-corrected chi connectivity index (χ3v) is 6.57. The van der Waals surface area contributed by atoms with Gasteiger partial charge in [-0.2, -0.15) is 4.98 Å². The van der Waals surface area contributed by atoms with Gasteiger partial charge in [-0.3, -0.25) is 9.59 Å². The topological polar surface area (TPSA) is 119 Å². The molecule has 1 aromatic heterocycles. The molecule has 0 spiro atoms. The number of hydrogen-bond acceptors (Lipinski definition) is 6. The Balaban J connectivity index is 1.35. The van der Waals surface area contributed by atoms with E-state index in [0.29, 0.717) is 30.5 Å². The number of rotatable bonds is 12. The number of fused-ring (bicyclic) bond motifs is 1. The molecule has 8 heteroatoms. The molecule has 2 N–H and O–H groups in total. The van der Waals surface area contributed by atoms with Crippen LogP contribution >= 0.6 is 0 Å². The summed E-state index contributed by atoms with van der Waals surface area (Å²) < 4.78 is 11.8. The van der Waals surface area contributed by atoms with E-state index < -0.39 is 17.9 Å². The summed E-state index contributed by atoms with van der Waals surface area (Å²) in [6, 6.07) is 33.2. The van der Waals surface area contributed by atoms with Gasteiger partial charge in [-0.25, -0.2) is 4.98 Å². The standard InChI is InChI=1S/C33H28N2O6/c36-32(37)28(33(38)39)12-7-17-40-27-16-15-24-18-26(14-13-25(24)19-27)31-34-29(23-10-5-2-6-11-23)20-30(35-31)41-21-22-8-3-1-4-9-22/h1-6,8-11,13-16,18-20,28H,7,12,17,21H2,(H,36,37)(H,38,39). The van der Waals surface area contributed by atoms with E-state index in [1.54, 1.807) is 0 Å². The molecule has 206 valence electrons. The predicted octanol–water partition coefficient (Wildman–Crippen LogP) is 6.49. The van der Waals surface area contributed by atoms with E-state index in [2.05, 4.69) is 0 Å². The summed E-state index contributed by atoms with van der Waals surface area (Å²) in [4.78, 5) is 31.6. The fraction of sp³-hybridized carbons (Fsp3) is 0.152. The van der Waals surface area contributed by atoms with Crippen molar-refractivity contribution in [2.24, 2.45) is 5.92 Å². The lowest BCUT2D eigenvalue weighted by Crippen LogP contribution is -2.23. The molecule has 41 heavy (non-hydrogen) atoms. The Kier molecular flexibility index (Phi) is 8.49. The van der Waals surface area contributed by atoms with Crippen LogP contribution in [0.5, 0.6) is 11.6 Å². The van der Waals surface area contributed by atoms with E-state index in [0.717, 1.165) is 33.2 Å². The molecule has 1 heterocycles. The maximum Gasteiger partial charge on any atom is 0.317 e. The minimum absolute atomic E-state index is 0.000699. The molecule has 0 bridgehead atoms. The van der Waals surface area contributed by atoms with Gasteiger partial charge >= 0.3 is 11.9 Å². The minimum atomic E-state index is -1.43. The second-order valence-corrected chi connectivity index (χ2v) is 9.50. The molecule has 0 aliphatic heterocycles. The second kappa shape index (κ2) is 12.7. The van der Waals surface area contributed by atoms with Crippen LogP contribution in [0.25, 0.3) is 33.4 Å². The maximum absolute atomic E-state index is 11.0. The molecule has 0 unspecified atom stereocenters. The van der Waals surface area contributed by atoms with Crippen molar-refractivity contribution in [3.05, 3.63) is 109 Å². The molecule has 0 fully saturated rings. The van der Waals surface area contributed by atoms with Crippen molar-refractivity contribution in [3.8, 4) is 34.3 Å². The monoisotopic (exact) mass is 548 g/mol. The van der Waals surface area contributed by atoms with Gasteiger partial charge < -0.3 is 19.7 Å². The van der Waals surface area contributed by atoms with Crippen LogP contribution in [0.15, 0.2) is 103 Å². The average molecular weight is 549 g/mol. The molecular formula is C33H28N2O6. The zero-order valence-corrected chi connectivity index (χ0v) is 22.1. The Bertz CT molecular complexity index is 1640. The Morgan fingerprint density at radius 2 is 1.39 bits per heavy atom. The first-order valence-electron chi connectivity index (χ1n) is 13.2. The van der Waals surface area contributed by atoms with Crippen LogP contribution in [-0.4, -0.2) is 38.7 Å². The Morgan fingerprint density at radius 1 is 0.707 bits per heavy atom. The van der Waals surface area contributed by atoms with Gasteiger partial charge in [0.05, 0.1) is 12.3 Å². The average Bonchev–Trinajstić information content (AvgIpc) is 3.00.